The Morgan fingerprint density at radius 2 is 1.80 bits per heavy atom. The summed E-state index contributed by atoms with van der Waals surface area (Å²) >= 11 is 0. The Bertz CT molecular complexity index is 434. The summed E-state index contributed by atoms with van der Waals surface area (Å²) in [5.41, 5.74) is 3.49. The molecule has 1 N–H and O–H groups in total. The summed E-state index contributed by atoms with van der Waals surface area (Å²) in [7, 11) is 0. The van der Waals surface area contributed by atoms with Crippen LogP contribution in [-0.4, -0.2) is 31.0 Å². The monoisotopic (exact) mass is 278 g/mol. The lowest BCUT2D eigenvalue weighted by atomic mass is 9.88. The van der Waals surface area contributed by atoms with Gasteiger partial charge in [-0.15, -0.1) is 0 Å². The first-order valence-electron chi connectivity index (χ1n) is 7.51. The summed E-state index contributed by atoms with van der Waals surface area (Å²) in [5, 5.41) is 10.6. The SMILES string of the molecule is CC(C)c1ccc(C(O)C2COCCO2)c(C(C)C)c1. The normalized spacial score (nSPS) is 21.4. The summed E-state index contributed by atoms with van der Waals surface area (Å²) < 4.78 is 11.0. The maximum atomic E-state index is 10.6. The Morgan fingerprint density at radius 1 is 1.05 bits per heavy atom. The molecule has 3 heteroatoms. The van der Waals surface area contributed by atoms with Gasteiger partial charge in [-0.2, -0.15) is 0 Å². The van der Waals surface area contributed by atoms with Gasteiger partial charge in [0, 0.05) is 0 Å². The zero-order valence-electron chi connectivity index (χ0n) is 12.9. The molecule has 2 atom stereocenters. The summed E-state index contributed by atoms with van der Waals surface area (Å²) in [4.78, 5) is 0. The van der Waals surface area contributed by atoms with Crippen LogP contribution in [0, 0.1) is 0 Å². The molecular weight excluding hydrogens is 252 g/mol. The van der Waals surface area contributed by atoms with Crippen LogP contribution in [0.1, 0.15) is 62.3 Å². The molecule has 0 radical (unpaired) electrons. The van der Waals surface area contributed by atoms with Crippen LogP contribution < -0.4 is 0 Å². The second-order valence-corrected chi connectivity index (χ2v) is 6.13. The number of hydrogen-bond donors (Lipinski definition) is 1. The molecule has 0 aliphatic carbocycles. The Balaban J connectivity index is 2.29. The van der Waals surface area contributed by atoms with Crippen LogP contribution in [0.2, 0.25) is 0 Å². The highest BCUT2D eigenvalue weighted by atomic mass is 16.6. The molecule has 0 amide bonds. The summed E-state index contributed by atoms with van der Waals surface area (Å²) in [5.74, 6) is 0.871. The topological polar surface area (TPSA) is 38.7 Å². The number of hydrogen-bond acceptors (Lipinski definition) is 3. The van der Waals surface area contributed by atoms with Crippen LogP contribution in [0.5, 0.6) is 0 Å². The second kappa shape index (κ2) is 6.70. The van der Waals surface area contributed by atoms with E-state index in [0.717, 1.165) is 5.56 Å². The highest BCUT2D eigenvalue weighted by Gasteiger charge is 2.27. The van der Waals surface area contributed by atoms with Gasteiger partial charge in [0.2, 0.25) is 0 Å². The molecule has 1 saturated heterocycles. The summed E-state index contributed by atoms with van der Waals surface area (Å²) in [6, 6.07) is 6.38. The van der Waals surface area contributed by atoms with E-state index in [1.54, 1.807) is 0 Å². The van der Waals surface area contributed by atoms with Gasteiger partial charge in [0.15, 0.2) is 0 Å². The molecule has 2 rings (SSSR count). The van der Waals surface area contributed by atoms with Gasteiger partial charge in [0.1, 0.15) is 12.2 Å². The second-order valence-electron chi connectivity index (χ2n) is 6.13. The Kier molecular flexibility index (Phi) is 5.19. The van der Waals surface area contributed by atoms with Gasteiger partial charge in [-0.25, -0.2) is 0 Å². The minimum atomic E-state index is -0.617. The zero-order chi connectivity index (χ0) is 14.7. The van der Waals surface area contributed by atoms with Crippen LogP contribution in [0.25, 0.3) is 0 Å². The van der Waals surface area contributed by atoms with E-state index in [2.05, 4.69) is 39.8 Å². The first kappa shape index (κ1) is 15.5. The van der Waals surface area contributed by atoms with E-state index in [1.165, 1.54) is 11.1 Å². The predicted molar refractivity (Wildman–Crippen MR) is 80.1 cm³/mol. The molecule has 112 valence electrons. The third-order valence-corrected chi connectivity index (χ3v) is 3.91. The van der Waals surface area contributed by atoms with E-state index in [-0.39, 0.29) is 6.10 Å². The zero-order valence-corrected chi connectivity index (χ0v) is 12.9. The number of aliphatic hydroxyl groups excluding tert-OH is 1. The fourth-order valence-corrected chi connectivity index (χ4v) is 2.61. The molecule has 0 saturated carbocycles. The Hall–Kier alpha value is -0.900. The molecule has 1 aliphatic rings. The largest absolute Gasteiger partial charge is 0.386 e. The lowest BCUT2D eigenvalue weighted by molar-refractivity contribution is -0.133. The quantitative estimate of drug-likeness (QED) is 0.917. The maximum Gasteiger partial charge on any atom is 0.111 e. The van der Waals surface area contributed by atoms with E-state index >= 15 is 0 Å². The van der Waals surface area contributed by atoms with Gasteiger partial charge in [0.25, 0.3) is 0 Å². The van der Waals surface area contributed by atoms with Crippen molar-refractivity contribution in [2.45, 2.75) is 51.7 Å². The van der Waals surface area contributed by atoms with Crippen molar-refractivity contribution in [1.82, 2.24) is 0 Å². The van der Waals surface area contributed by atoms with Crippen molar-refractivity contribution in [1.29, 1.82) is 0 Å². The molecule has 20 heavy (non-hydrogen) atoms. The number of benzene rings is 1. The van der Waals surface area contributed by atoms with Gasteiger partial charge < -0.3 is 14.6 Å². The van der Waals surface area contributed by atoms with Crippen LogP contribution in [0.4, 0.5) is 0 Å². The van der Waals surface area contributed by atoms with Gasteiger partial charge in [-0.1, -0.05) is 45.9 Å². The maximum absolute atomic E-state index is 10.6. The van der Waals surface area contributed by atoms with E-state index < -0.39 is 6.10 Å². The standard InChI is InChI=1S/C17H26O3/c1-11(2)13-5-6-14(15(9-13)12(3)4)17(18)16-10-19-7-8-20-16/h5-6,9,11-12,16-18H,7-8,10H2,1-4H3. The molecule has 0 aromatic heterocycles. The van der Waals surface area contributed by atoms with E-state index in [9.17, 15) is 5.11 Å². The lowest BCUT2D eigenvalue weighted by Gasteiger charge is -2.29. The average molecular weight is 278 g/mol. The third kappa shape index (κ3) is 3.40. The van der Waals surface area contributed by atoms with Crippen molar-refractivity contribution < 1.29 is 14.6 Å². The molecule has 3 nitrogen and oxygen atoms in total. The van der Waals surface area contributed by atoms with Crippen LogP contribution in [-0.2, 0) is 9.47 Å². The van der Waals surface area contributed by atoms with Crippen molar-refractivity contribution in [3.63, 3.8) is 0 Å². The molecule has 0 bridgehead atoms. The van der Waals surface area contributed by atoms with Crippen molar-refractivity contribution in [3.05, 3.63) is 34.9 Å². The van der Waals surface area contributed by atoms with Crippen LogP contribution in [0.15, 0.2) is 18.2 Å². The fourth-order valence-electron chi connectivity index (χ4n) is 2.61. The molecule has 2 unspecified atom stereocenters. The van der Waals surface area contributed by atoms with E-state index in [0.29, 0.717) is 31.7 Å². The minimum absolute atomic E-state index is 0.258. The molecule has 0 spiro atoms. The first-order chi connectivity index (χ1) is 9.50. The predicted octanol–water partition coefficient (Wildman–Crippen LogP) is 3.38. The van der Waals surface area contributed by atoms with Gasteiger partial charge in [0.05, 0.1) is 19.8 Å². The molecular formula is C17H26O3. The number of rotatable bonds is 4. The summed E-state index contributed by atoms with van der Waals surface area (Å²) in [6.45, 7) is 10.3. The molecule has 1 aromatic carbocycles. The molecule has 1 fully saturated rings. The Labute approximate surface area is 121 Å². The molecule has 1 heterocycles. The molecule has 1 aliphatic heterocycles. The van der Waals surface area contributed by atoms with Gasteiger partial charge >= 0.3 is 0 Å². The van der Waals surface area contributed by atoms with Gasteiger partial charge in [-0.3, -0.25) is 0 Å². The lowest BCUT2D eigenvalue weighted by Crippen LogP contribution is -2.34. The fraction of sp³-hybridized carbons (Fsp3) is 0.647. The highest BCUT2D eigenvalue weighted by Crippen LogP contribution is 2.31. The average Bonchev–Trinajstić information content (AvgIpc) is 2.46. The van der Waals surface area contributed by atoms with Crippen molar-refractivity contribution in [2.75, 3.05) is 19.8 Å². The smallest absolute Gasteiger partial charge is 0.111 e. The number of ether oxygens (including phenoxy) is 2. The summed E-state index contributed by atoms with van der Waals surface area (Å²) in [6.07, 6.45) is -0.875. The van der Waals surface area contributed by atoms with Crippen LogP contribution in [0.3, 0.4) is 0 Å². The van der Waals surface area contributed by atoms with Crippen molar-refractivity contribution in [3.8, 4) is 0 Å². The van der Waals surface area contributed by atoms with Crippen LogP contribution >= 0.6 is 0 Å². The highest BCUT2D eigenvalue weighted by molar-refractivity contribution is 5.37. The minimum Gasteiger partial charge on any atom is -0.386 e. The first-order valence-corrected chi connectivity index (χ1v) is 7.51. The third-order valence-electron chi connectivity index (χ3n) is 3.91. The Morgan fingerprint density at radius 3 is 2.35 bits per heavy atom. The van der Waals surface area contributed by atoms with E-state index in [4.69, 9.17) is 9.47 Å². The molecule has 1 aromatic rings. The van der Waals surface area contributed by atoms with E-state index in [1.807, 2.05) is 6.07 Å². The van der Waals surface area contributed by atoms with Crippen molar-refractivity contribution >= 4 is 0 Å². The van der Waals surface area contributed by atoms with Crippen molar-refractivity contribution in [2.24, 2.45) is 0 Å². The number of aliphatic hydroxyl groups is 1. The van der Waals surface area contributed by atoms with Gasteiger partial charge in [-0.05, 0) is 28.5 Å².